The molecule has 0 aliphatic heterocycles. The summed E-state index contributed by atoms with van der Waals surface area (Å²) in [6.45, 7) is -0.0203. The molecular weight excluding hydrogens is 383 g/mol. The zero-order valence-electron chi connectivity index (χ0n) is 14.7. The molecule has 148 valence electrons. The fourth-order valence-electron chi connectivity index (χ4n) is 3.21. The molecule has 6 nitrogen and oxygen atoms in total. The van der Waals surface area contributed by atoms with Crippen molar-refractivity contribution >= 4 is 10.0 Å². The van der Waals surface area contributed by atoms with Gasteiger partial charge < -0.3 is 4.74 Å². The molecule has 0 atom stereocenters. The lowest BCUT2D eigenvalue weighted by atomic mass is 9.95. The molecule has 1 aliphatic rings. The lowest BCUT2D eigenvalue weighted by Gasteiger charge is -2.15. The van der Waals surface area contributed by atoms with Crippen LogP contribution in [0.3, 0.4) is 0 Å². The number of benzene rings is 1. The van der Waals surface area contributed by atoms with E-state index in [-0.39, 0.29) is 23.5 Å². The first-order valence-electron chi connectivity index (χ1n) is 8.52. The Hall–Kier alpha value is -2.07. The zero-order valence-corrected chi connectivity index (χ0v) is 15.5. The van der Waals surface area contributed by atoms with Gasteiger partial charge in [0, 0.05) is 17.8 Å². The van der Waals surface area contributed by atoms with Crippen LogP contribution in [0.25, 0.3) is 0 Å². The van der Waals surface area contributed by atoms with Crippen LogP contribution in [-0.2, 0) is 35.6 Å². The Bertz CT molecular complexity index is 906. The molecule has 1 aromatic heterocycles. The maximum atomic E-state index is 13.2. The van der Waals surface area contributed by atoms with Gasteiger partial charge in [0.1, 0.15) is 5.75 Å². The quantitative estimate of drug-likeness (QED) is 0.805. The van der Waals surface area contributed by atoms with Crippen molar-refractivity contribution in [3.05, 3.63) is 41.2 Å². The number of alkyl halides is 3. The number of nitrogens with zero attached hydrogens (tertiary/aromatic N) is 2. The molecule has 0 saturated heterocycles. The molecule has 0 fully saturated rings. The number of rotatable bonds is 6. The number of aromatic nitrogens is 2. The topological polar surface area (TPSA) is 73.2 Å². The fraction of sp³-hybridized carbons (Fsp3) is 0.471. The Morgan fingerprint density at radius 3 is 2.48 bits per heavy atom. The van der Waals surface area contributed by atoms with E-state index >= 15 is 0 Å². The van der Waals surface area contributed by atoms with Gasteiger partial charge in [0.25, 0.3) is 0 Å². The van der Waals surface area contributed by atoms with Crippen LogP contribution < -0.4 is 9.46 Å². The normalized spacial score (nSPS) is 14.8. The number of hydrogen-bond donors (Lipinski definition) is 1. The van der Waals surface area contributed by atoms with Crippen molar-refractivity contribution in [1.29, 1.82) is 0 Å². The largest absolute Gasteiger partial charge is 0.497 e. The molecule has 0 radical (unpaired) electrons. The summed E-state index contributed by atoms with van der Waals surface area (Å²) in [7, 11) is -2.29. The maximum Gasteiger partial charge on any atom is 0.435 e. The molecule has 10 heteroatoms. The summed E-state index contributed by atoms with van der Waals surface area (Å²) in [5.74, 6) is 0.525. The second-order valence-corrected chi connectivity index (χ2v) is 8.04. The molecule has 0 bridgehead atoms. The molecule has 0 spiro atoms. The smallest absolute Gasteiger partial charge is 0.435 e. The molecular formula is C17H20F3N3O3S. The number of hydrogen-bond acceptors (Lipinski definition) is 4. The minimum Gasteiger partial charge on any atom is -0.497 e. The number of nitrogens with one attached hydrogen (secondary N) is 1. The van der Waals surface area contributed by atoms with Gasteiger partial charge in [-0.25, -0.2) is 13.1 Å². The first kappa shape index (κ1) is 19.7. The van der Waals surface area contributed by atoms with Crippen LogP contribution in [0.5, 0.6) is 5.75 Å². The second kappa shape index (κ2) is 7.51. The number of sulfonamides is 1. The third-order valence-corrected chi connectivity index (χ3v) is 5.99. The summed E-state index contributed by atoms with van der Waals surface area (Å²) < 4.78 is 72.9. The summed E-state index contributed by atoms with van der Waals surface area (Å²) in [5.41, 5.74) is -0.0563. The van der Waals surface area contributed by atoms with Gasteiger partial charge in [-0.05, 0) is 49.9 Å². The van der Waals surface area contributed by atoms with Crippen molar-refractivity contribution in [2.45, 2.75) is 43.3 Å². The van der Waals surface area contributed by atoms with E-state index in [2.05, 4.69) is 9.82 Å². The molecule has 0 saturated carbocycles. The average Bonchev–Trinajstić information content (AvgIpc) is 3.01. The van der Waals surface area contributed by atoms with Gasteiger partial charge in [-0.1, -0.05) is 0 Å². The Morgan fingerprint density at radius 1 is 1.19 bits per heavy atom. The highest BCUT2D eigenvalue weighted by Crippen LogP contribution is 2.35. The van der Waals surface area contributed by atoms with Crippen LogP contribution in [0.1, 0.15) is 29.8 Å². The Morgan fingerprint density at radius 2 is 1.85 bits per heavy atom. The molecule has 2 aromatic rings. The summed E-state index contributed by atoms with van der Waals surface area (Å²) in [5, 5.41) is 3.72. The number of methoxy groups -OCH3 is 1. The van der Waals surface area contributed by atoms with Crippen molar-refractivity contribution in [3.8, 4) is 5.75 Å². The summed E-state index contributed by atoms with van der Waals surface area (Å²) in [6, 6.07) is 5.85. The third kappa shape index (κ3) is 4.27. The standard InChI is InChI=1S/C17H20F3N3O3S/c1-26-12-6-8-13(9-7-12)27(24,25)21-10-11-23-15-5-3-2-4-14(15)16(22-23)17(18,19)20/h6-9,21H,2-5,10-11H2,1H3. The van der Waals surface area contributed by atoms with E-state index in [0.29, 0.717) is 30.7 Å². The van der Waals surface area contributed by atoms with Crippen LogP contribution in [-0.4, -0.2) is 31.9 Å². The van der Waals surface area contributed by atoms with E-state index in [1.54, 1.807) is 0 Å². The van der Waals surface area contributed by atoms with Crippen molar-refractivity contribution in [2.75, 3.05) is 13.7 Å². The number of ether oxygens (including phenoxy) is 1. The van der Waals surface area contributed by atoms with E-state index < -0.39 is 21.9 Å². The van der Waals surface area contributed by atoms with Gasteiger partial charge in [0.2, 0.25) is 10.0 Å². The molecule has 1 aliphatic carbocycles. The van der Waals surface area contributed by atoms with Crippen LogP contribution in [0.15, 0.2) is 29.2 Å². The number of fused-ring (bicyclic) bond motifs is 1. The van der Waals surface area contributed by atoms with E-state index in [0.717, 1.165) is 6.42 Å². The van der Waals surface area contributed by atoms with Gasteiger partial charge in [-0.15, -0.1) is 0 Å². The highest BCUT2D eigenvalue weighted by atomic mass is 32.2. The van der Waals surface area contributed by atoms with Crippen LogP contribution in [0, 0.1) is 0 Å². The SMILES string of the molecule is COc1ccc(S(=O)(=O)NCCn2nc(C(F)(F)F)c3c2CCCC3)cc1. The van der Waals surface area contributed by atoms with Crippen molar-refractivity contribution in [3.63, 3.8) is 0 Å². The van der Waals surface area contributed by atoms with E-state index in [1.807, 2.05) is 0 Å². The van der Waals surface area contributed by atoms with Gasteiger partial charge in [-0.2, -0.15) is 18.3 Å². The van der Waals surface area contributed by atoms with E-state index in [4.69, 9.17) is 4.74 Å². The predicted molar refractivity (Wildman–Crippen MR) is 92.1 cm³/mol. The van der Waals surface area contributed by atoms with Gasteiger partial charge in [-0.3, -0.25) is 4.68 Å². The van der Waals surface area contributed by atoms with Crippen LogP contribution in [0.2, 0.25) is 0 Å². The highest BCUT2D eigenvalue weighted by molar-refractivity contribution is 7.89. The second-order valence-electron chi connectivity index (χ2n) is 6.28. The first-order valence-corrected chi connectivity index (χ1v) is 10.00. The molecule has 1 N–H and O–H groups in total. The summed E-state index contributed by atoms with van der Waals surface area (Å²) >= 11 is 0. The van der Waals surface area contributed by atoms with E-state index in [9.17, 15) is 21.6 Å². The monoisotopic (exact) mass is 403 g/mol. The Kier molecular flexibility index (Phi) is 5.48. The van der Waals surface area contributed by atoms with Gasteiger partial charge in [0.05, 0.1) is 18.6 Å². The molecule has 0 amide bonds. The molecule has 1 heterocycles. The zero-order chi connectivity index (χ0) is 19.7. The average molecular weight is 403 g/mol. The lowest BCUT2D eigenvalue weighted by molar-refractivity contribution is -0.142. The van der Waals surface area contributed by atoms with Gasteiger partial charge >= 0.3 is 6.18 Å². The lowest BCUT2D eigenvalue weighted by Crippen LogP contribution is -2.28. The van der Waals surface area contributed by atoms with Crippen LogP contribution >= 0.6 is 0 Å². The molecule has 3 rings (SSSR count). The molecule has 0 unspecified atom stereocenters. The van der Waals surface area contributed by atoms with Crippen molar-refractivity contribution in [2.24, 2.45) is 0 Å². The maximum absolute atomic E-state index is 13.2. The van der Waals surface area contributed by atoms with Crippen molar-refractivity contribution < 1.29 is 26.3 Å². The minimum atomic E-state index is -4.50. The summed E-state index contributed by atoms with van der Waals surface area (Å²) in [4.78, 5) is 0.0572. The van der Waals surface area contributed by atoms with Crippen molar-refractivity contribution in [1.82, 2.24) is 14.5 Å². The first-order chi connectivity index (χ1) is 12.7. The molecule has 27 heavy (non-hydrogen) atoms. The Labute approximate surface area is 155 Å². The Balaban J connectivity index is 1.72. The van der Waals surface area contributed by atoms with Gasteiger partial charge in [0.15, 0.2) is 5.69 Å². The predicted octanol–water partition coefficient (Wildman–Crippen LogP) is 2.77. The number of halogens is 3. The minimum absolute atomic E-state index is 0.0355. The fourth-order valence-corrected chi connectivity index (χ4v) is 4.23. The van der Waals surface area contributed by atoms with E-state index in [1.165, 1.54) is 36.1 Å². The summed E-state index contributed by atoms with van der Waals surface area (Å²) in [6.07, 6.45) is -2.14. The molecule has 1 aromatic carbocycles. The third-order valence-electron chi connectivity index (χ3n) is 4.51. The highest BCUT2D eigenvalue weighted by Gasteiger charge is 2.39. The van der Waals surface area contributed by atoms with Crippen LogP contribution in [0.4, 0.5) is 13.2 Å².